The van der Waals surface area contributed by atoms with Gasteiger partial charge >= 0.3 is 18.5 Å². The Morgan fingerprint density at radius 1 is 1.21 bits per heavy atom. The van der Waals surface area contributed by atoms with Gasteiger partial charge in [-0.2, -0.15) is 0 Å². The van der Waals surface area contributed by atoms with E-state index in [1.807, 2.05) is 19.9 Å². The number of rotatable bonds is 7. The highest BCUT2D eigenvalue weighted by molar-refractivity contribution is 5.94. The van der Waals surface area contributed by atoms with Crippen LogP contribution in [0, 0.1) is 13.8 Å². The Morgan fingerprint density at radius 3 is 2.64 bits per heavy atom. The van der Waals surface area contributed by atoms with E-state index in [0.717, 1.165) is 16.0 Å². The maximum Gasteiger partial charge on any atom is 0.522 e. The minimum Gasteiger partial charge on any atom is -0.465 e. The normalized spacial score (nSPS) is 18.8. The molecular formula is C20H23F3N4O6. The molecule has 180 valence electrons. The molecule has 2 aromatic rings. The molecule has 0 radical (unpaired) electrons. The predicted octanol–water partition coefficient (Wildman–Crippen LogP) is 3.22. The van der Waals surface area contributed by atoms with Crippen LogP contribution in [0.15, 0.2) is 22.6 Å². The van der Waals surface area contributed by atoms with Gasteiger partial charge in [0.2, 0.25) is 5.89 Å². The lowest BCUT2D eigenvalue weighted by Crippen LogP contribution is -2.50. The predicted molar refractivity (Wildman–Crippen MR) is 106 cm³/mol. The first-order chi connectivity index (χ1) is 15.5. The van der Waals surface area contributed by atoms with Crippen molar-refractivity contribution in [3.8, 4) is 6.08 Å². The number of piperidine rings is 1. The van der Waals surface area contributed by atoms with E-state index < -0.39 is 43.8 Å². The number of ether oxygens (including phenoxy) is 2. The van der Waals surface area contributed by atoms with Crippen molar-refractivity contribution in [1.29, 1.82) is 0 Å². The summed E-state index contributed by atoms with van der Waals surface area (Å²) in [5.41, 5.74) is 2.51. The molecule has 1 aromatic carbocycles. The Labute approximate surface area is 186 Å². The van der Waals surface area contributed by atoms with Crippen molar-refractivity contribution in [3.05, 3.63) is 40.8 Å². The smallest absolute Gasteiger partial charge is 0.465 e. The van der Waals surface area contributed by atoms with Crippen LogP contribution in [0.2, 0.25) is 0 Å². The van der Waals surface area contributed by atoms with Crippen LogP contribution in [0.3, 0.4) is 0 Å². The molecule has 0 unspecified atom stereocenters. The first-order valence-electron chi connectivity index (χ1n) is 10.1. The molecular weight excluding hydrogens is 449 g/mol. The molecule has 1 aromatic heterocycles. The van der Waals surface area contributed by atoms with Crippen LogP contribution in [-0.2, 0) is 4.74 Å². The SMILES string of the molecule is Cc1ccc(C(=O)N[C@H]2CC[C@H](c3nnc(OCCOC(F)(F)F)o3)N(C(=O)O)C2)cc1C. The summed E-state index contributed by atoms with van der Waals surface area (Å²) in [5, 5.41) is 19.8. The largest absolute Gasteiger partial charge is 0.522 e. The molecule has 1 aliphatic rings. The summed E-state index contributed by atoms with van der Waals surface area (Å²) in [6.45, 7) is 2.58. The molecule has 2 N–H and O–H groups in total. The third-order valence-corrected chi connectivity index (χ3v) is 5.21. The summed E-state index contributed by atoms with van der Waals surface area (Å²) in [7, 11) is 0. The Hall–Kier alpha value is -3.35. The van der Waals surface area contributed by atoms with E-state index in [9.17, 15) is 27.9 Å². The molecule has 1 saturated heterocycles. The van der Waals surface area contributed by atoms with E-state index in [0.29, 0.717) is 12.0 Å². The van der Waals surface area contributed by atoms with E-state index >= 15 is 0 Å². The van der Waals surface area contributed by atoms with Gasteiger partial charge in [-0.1, -0.05) is 11.2 Å². The number of hydrogen-bond donors (Lipinski definition) is 2. The fourth-order valence-corrected chi connectivity index (χ4v) is 3.41. The van der Waals surface area contributed by atoms with E-state index in [1.165, 1.54) is 0 Å². The lowest BCUT2D eigenvalue weighted by Gasteiger charge is -2.36. The third-order valence-electron chi connectivity index (χ3n) is 5.21. The summed E-state index contributed by atoms with van der Waals surface area (Å²) in [6, 6.07) is 4.11. The van der Waals surface area contributed by atoms with E-state index in [-0.39, 0.29) is 24.8 Å². The quantitative estimate of drug-likeness (QED) is 0.588. The molecule has 0 saturated carbocycles. The lowest BCUT2D eigenvalue weighted by molar-refractivity contribution is -0.325. The highest BCUT2D eigenvalue weighted by Gasteiger charge is 2.37. The molecule has 0 bridgehead atoms. The summed E-state index contributed by atoms with van der Waals surface area (Å²) in [5.74, 6) is -0.357. The second kappa shape index (κ2) is 10.1. The molecule has 33 heavy (non-hydrogen) atoms. The van der Waals surface area contributed by atoms with E-state index in [4.69, 9.17) is 9.15 Å². The Morgan fingerprint density at radius 2 is 1.97 bits per heavy atom. The van der Waals surface area contributed by atoms with Crippen molar-refractivity contribution in [2.24, 2.45) is 0 Å². The maximum absolute atomic E-state index is 12.6. The van der Waals surface area contributed by atoms with Gasteiger partial charge in [0.25, 0.3) is 5.91 Å². The molecule has 1 fully saturated rings. The number of benzene rings is 1. The second-order valence-corrected chi connectivity index (χ2v) is 7.55. The van der Waals surface area contributed by atoms with Crippen LogP contribution in [0.25, 0.3) is 0 Å². The zero-order valence-corrected chi connectivity index (χ0v) is 17.9. The van der Waals surface area contributed by atoms with Crippen molar-refractivity contribution in [3.63, 3.8) is 0 Å². The van der Waals surface area contributed by atoms with Crippen LogP contribution in [0.4, 0.5) is 18.0 Å². The first-order valence-corrected chi connectivity index (χ1v) is 10.1. The van der Waals surface area contributed by atoms with Crippen molar-refractivity contribution in [1.82, 2.24) is 20.4 Å². The van der Waals surface area contributed by atoms with Gasteiger partial charge in [-0.05, 0) is 49.9 Å². The molecule has 1 aliphatic heterocycles. The standard InChI is InChI=1S/C20H23F3N4O6/c1-11-3-4-13(9-12(11)2)16(28)24-14-5-6-15(27(10-14)19(29)30)17-25-26-18(33-17)31-7-8-32-20(21,22)23/h3-4,9,14-15H,5-8,10H2,1-2H3,(H,24,28)(H,29,30)/t14-,15+/m0/s1. The fourth-order valence-electron chi connectivity index (χ4n) is 3.41. The molecule has 2 heterocycles. The van der Waals surface area contributed by atoms with Gasteiger partial charge < -0.3 is 19.6 Å². The summed E-state index contributed by atoms with van der Waals surface area (Å²) in [4.78, 5) is 25.5. The van der Waals surface area contributed by atoms with Gasteiger partial charge in [-0.3, -0.25) is 14.4 Å². The highest BCUT2D eigenvalue weighted by atomic mass is 19.4. The number of aryl methyl sites for hydroxylation is 2. The molecule has 10 nitrogen and oxygen atoms in total. The number of hydrogen-bond acceptors (Lipinski definition) is 7. The van der Waals surface area contributed by atoms with Gasteiger partial charge in [0, 0.05) is 18.2 Å². The van der Waals surface area contributed by atoms with Crippen LogP contribution < -0.4 is 10.1 Å². The van der Waals surface area contributed by atoms with Gasteiger partial charge in [0.15, 0.2) is 0 Å². The third kappa shape index (κ3) is 6.57. The summed E-state index contributed by atoms with van der Waals surface area (Å²) < 4.78 is 49.7. The number of aromatic nitrogens is 2. The van der Waals surface area contributed by atoms with Crippen molar-refractivity contribution < 1.29 is 41.8 Å². The zero-order chi connectivity index (χ0) is 24.2. The van der Waals surface area contributed by atoms with Crippen LogP contribution in [-0.4, -0.2) is 64.4 Å². The topological polar surface area (TPSA) is 127 Å². The Bertz CT molecular complexity index is 996. The van der Waals surface area contributed by atoms with Crippen molar-refractivity contribution in [2.45, 2.75) is 45.1 Å². The Balaban J connectivity index is 1.59. The maximum atomic E-state index is 12.6. The average Bonchev–Trinajstić information content (AvgIpc) is 3.21. The van der Waals surface area contributed by atoms with Gasteiger partial charge in [0.1, 0.15) is 12.6 Å². The number of carboxylic acid groups (broad SMARTS) is 1. The summed E-state index contributed by atoms with van der Waals surface area (Å²) in [6.07, 6.45) is -5.69. The van der Waals surface area contributed by atoms with Gasteiger partial charge in [-0.15, -0.1) is 18.3 Å². The Kier molecular flexibility index (Phi) is 7.41. The van der Waals surface area contributed by atoms with E-state index in [2.05, 4.69) is 20.3 Å². The van der Waals surface area contributed by atoms with Gasteiger partial charge in [0.05, 0.1) is 6.61 Å². The number of amides is 2. The number of nitrogens with zero attached hydrogens (tertiary/aromatic N) is 3. The molecule has 2 amide bonds. The summed E-state index contributed by atoms with van der Waals surface area (Å²) >= 11 is 0. The first kappa shape index (κ1) is 24.3. The highest BCUT2D eigenvalue weighted by Crippen LogP contribution is 2.31. The molecule has 3 rings (SSSR count). The molecule has 0 aliphatic carbocycles. The fraction of sp³-hybridized carbons (Fsp3) is 0.500. The van der Waals surface area contributed by atoms with Crippen LogP contribution >= 0.6 is 0 Å². The van der Waals surface area contributed by atoms with Gasteiger partial charge in [-0.25, -0.2) is 4.79 Å². The molecule has 13 heteroatoms. The minimum absolute atomic E-state index is 0.00538. The van der Waals surface area contributed by atoms with Crippen molar-refractivity contribution >= 4 is 12.0 Å². The number of likely N-dealkylation sites (tertiary alicyclic amines) is 1. The van der Waals surface area contributed by atoms with Crippen LogP contribution in [0.5, 0.6) is 6.08 Å². The number of alkyl halides is 3. The van der Waals surface area contributed by atoms with Crippen molar-refractivity contribution in [2.75, 3.05) is 19.8 Å². The number of carbonyl (C=O) groups excluding carboxylic acids is 1. The van der Waals surface area contributed by atoms with E-state index in [1.54, 1.807) is 12.1 Å². The minimum atomic E-state index is -4.78. The zero-order valence-electron chi connectivity index (χ0n) is 17.9. The average molecular weight is 472 g/mol. The monoisotopic (exact) mass is 472 g/mol. The molecule has 0 spiro atoms. The lowest BCUT2D eigenvalue weighted by atomic mass is 9.98. The second-order valence-electron chi connectivity index (χ2n) is 7.55. The number of nitrogens with one attached hydrogen (secondary N) is 1. The number of carbonyl (C=O) groups is 2. The number of halogens is 3. The van der Waals surface area contributed by atoms with Crippen LogP contribution in [0.1, 0.15) is 46.3 Å². The molecule has 2 atom stereocenters.